The highest BCUT2D eigenvalue weighted by Crippen LogP contribution is 2.35. The van der Waals surface area contributed by atoms with Gasteiger partial charge in [-0.15, -0.1) is 10.2 Å². The summed E-state index contributed by atoms with van der Waals surface area (Å²) in [6.45, 7) is 4.90. The van der Waals surface area contributed by atoms with E-state index in [0.717, 1.165) is 18.4 Å². The molecule has 2 aromatic carbocycles. The van der Waals surface area contributed by atoms with Crippen LogP contribution in [0.5, 0.6) is 11.5 Å². The first-order valence-electron chi connectivity index (χ1n) is 15.8. The number of carbonyl (C=O) groups is 1. The first-order chi connectivity index (χ1) is 19.5. The summed E-state index contributed by atoms with van der Waals surface area (Å²) >= 11 is 0. The first kappa shape index (κ1) is 33.3. The normalized spacial score (nSPS) is 11.3. The number of para-hydroxylation sites is 1. The van der Waals surface area contributed by atoms with Gasteiger partial charge in [-0.3, -0.25) is 4.79 Å². The molecular weight excluding hydrogens is 498 g/mol. The van der Waals surface area contributed by atoms with Crippen LogP contribution in [0, 0.1) is 6.92 Å². The van der Waals surface area contributed by atoms with Crippen molar-refractivity contribution in [2.45, 2.75) is 129 Å². The Balaban J connectivity index is 1.51. The van der Waals surface area contributed by atoms with Gasteiger partial charge >= 0.3 is 0 Å². The number of nitrogens with one attached hydrogen (secondary N) is 1. The lowest BCUT2D eigenvalue weighted by Crippen LogP contribution is -2.24. The number of nitrogens with zero attached hydrogens (tertiary/aromatic N) is 2. The van der Waals surface area contributed by atoms with Crippen LogP contribution < -0.4 is 5.32 Å². The number of hydrogen-bond acceptors (Lipinski definition) is 5. The molecule has 0 spiro atoms. The maximum absolute atomic E-state index is 12.3. The topological polar surface area (TPSA) is 94.3 Å². The molecule has 0 heterocycles. The van der Waals surface area contributed by atoms with Crippen molar-refractivity contribution in [3.8, 4) is 11.5 Å². The van der Waals surface area contributed by atoms with Gasteiger partial charge in [-0.25, -0.2) is 0 Å². The van der Waals surface area contributed by atoms with Crippen LogP contribution in [0.4, 0.5) is 11.4 Å². The third-order valence-corrected chi connectivity index (χ3v) is 7.43. The molecule has 0 aliphatic rings. The van der Waals surface area contributed by atoms with E-state index in [2.05, 4.69) is 22.5 Å². The van der Waals surface area contributed by atoms with Crippen molar-refractivity contribution >= 4 is 17.3 Å². The molecule has 3 N–H and O–H groups in total. The highest BCUT2D eigenvalue weighted by atomic mass is 16.3. The molecule has 0 aromatic heterocycles. The van der Waals surface area contributed by atoms with Crippen molar-refractivity contribution in [2.24, 2.45) is 10.2 Å². The van der Waals surface area contributed by atoms with E-state index in [1.54, 1.807) is 24.3 Å². The van der Waals surface area contributed by atoms with E-state index in [9.17, 15) is 15.0 Å². The summed E-state index contributed by atoms with van der Waals surface area (Å²) in [6, 6.07) is 10.3. The molecule has 2 rings (SSSR count). The number of benzene rings is 2. The fourth-order valence-electron chi connectivity index (χ4n) is 4.99. The van der Waals surface area contributed by atoms with Gasteiger partial charge in [0.25, 0.3) is 0 Å². The van der Waals surface area contributed by atoms with Crippen LogP contribution in [0.2, 0.25) is 0 Å². The maximum Gasteiger partial charge on any atom is 0.220 e. The maximum atomic E-state index is 12.3. The molecule has 222 valence electrons. The Bertz CT molecular complexity index is 1010. The lowest BCUT2D eigenvalue weighted by atomic mass is 10.0. The van der Waals surface area contributed by atoms with Crippen molar-refractivity contribution in [3.63, 3.8) is 0 Å². The lowest BCUT2D eigenvalue weighted by molar-refractivity contribution is -0.121. The van der Waals surface area contributed by atoms with Crippen LogP contribution >= 0.6 is 0 Å². The zero-order chi connectivity index (χ0) is 28.8. The number of aryl methyl sites for hydroxylation is 2. The third-order valence-electron chi connectivity index (χ3n) is 7.43. The Labute approximate surface area is 242 Å². The minimum atomic E-state index is -0.000695. The first-order valence-corrected chi connectivity index (χ1v) is 15.8. The average Bonchev–Trinajstić information content (AvgIpc) is 2.95. The molecule has 2 aromatic rings. The minimum Gasteiger partial charge on any atom is -0.506 e. The number of aromatic hydroxyl groups is 2. The Morgan fingerprint density at radius 2 is 1.25 bits per heavy atom. The predicted molar refractivity (Wildman–Crippen MR) is 166 cm³/mol. The number of unbranched alkanes of at least 4 members (excludes halogenated alkanes) is 15. The molecule has 0 atom stereocenters. The summed E-state index contributed by atoms with van der Waals surface area (Å²) in [5, 5.41) is 31.7. The van der Waals surface area contributed by atoms with E-state index in [1.807, 2.05) is 13.0 Å². The van der Waals surface area contributed by atoms with Gasteiger partial charge in [0.15, 0.2) is 0 Å². The van der Waals surface area contributed by atoms with Gasteiger partial charge in [0.05, 0.1) is 0 Å². The van der Waals surface area contributed by atoms with Gasteiger partial charge in [-0.2, -0.15) is 0 Å². The Morgan fingerprint density at radius 1 is 0.725 bits per heavy atom. The van der Waals surface area contributed by atoms with E-state index in [4.69, 9.17) is 0 Å². The van der Waals surface area contributed by atoms with Gasteiger partial charge < -0.3 is 15.5 Å². The molecule has 1 amide bonds. The SMILES string of the molecule is CCCCCCCCCCCCCCCCCCNC(=O)CCc1cc(C)cc(N=Nc2ccccc2O)c1O. The Kier molecular flexibility index (Phi) is 17.4. The zero-order valence-corrected chi connectivity index (χ0v) is 25.1. The van der Waals surface area contributed by atoms with E-state index in [1.165, 1.54) is 96.0 Å². The molecule has 0 aliphatic heterocycles. The number of phenols is 2. The van der Waals surface area contributed by atoms with Crippen LogP contribution in [0.15, 0.2) is 46.6 Å². The summed E-state index contributed by atoms with van der Waals surface area (Å²) < 4.78 is 0. The molecule has 0 fully saturated rings. The monoisotopic (exact) mass is 551 g/mol. The molecular formula is C34H53N3O3. The van der Waals surface area contributed by atoms with Crippen LogP contribution in [-0.2, 0) is 11.2 Å². The third kappa shape index (κ3) is 14.5. The van der Waals surface area contributed by atoms with Crippen LogP contribution in [0.1, 0.15) is 127 Å². The van der Waals surface area contributed by atoms with Crippen molar-refractivity contribution in [3.05, 3.63) is 47.5 Å². The smallest absolute Gasteiger partial charge is 0.220 e. The molecule has 0 radical (unpaired) electrons. The molecule has 0 unspecified atom stereocenters. The van der Waals surface area contributed by atoms with E-state index >= 15 is 0 Å². The van der Waals surface area contributed by atoms with Gasteiger partial charge in [-0.05, 0) is 49.1 Å². The number of hydrogen-bond donors (Lipinski definition) is 3. The largest absolute Gasteiger partial charge is 0.506 e. The number of azo groups is 1. The second kappa shape index (κ2) is 20.9. The highest BCUT2D eigenvalue weighted by molar-refractivity contribution is 5.76. The number of rotatable bonds is 22. The molecule has 6 nitrogen and oxygen atoms in total. The van der Waals surface area contributed by atoms with E-state index < -0.39 is 0 Å². The fraction of sp³-hybridized carbons (Fsp3) is 0.618. The summed E-state index contributed by atoms with van der Waals surface area (Å²) in [5.41, 5.74) is 2.25. The fourth-order valence-corrected chi connectivity index (χ4v) is 4.99. The second-order valence-electron chi connectivity index (χ2n) is 11.1. The standard InChI is InChI=1S/C34H53N3O3/c1-3-4-5-6-7-8-9-10-11-12-13-14-15-16-17-20-25-35-33(39)24-23-29-26-28(2)27-31(34(29)40)37-36-30-21-18-19-22-32(30)38/h18-19,21-22,26-27,38,40H,3-17,20,23-25H2,1-2H3,(H,35,39). The molecule has 0 saturated carbocycles. The van der Waals surface area contributed by atoms with E-state index in [-0.39, 0.29) is 17.4 Å². The van der Waals surface area contributed by atoms with Crippen LogP contribution in [0.3, 0.4) is 0 Å². The summed E-state index contributed by atoms with van der Waals surface area (Å²) in [5.74, 6) is 0.0502. The lowest BCUT2D eigenvalue weighted by Gasteiger charge is -2.09. The number of carbonyl (C=O) groups excluding carboxylic acids is 1. The van der Waals surface area contributed by atoms with Gasteiger partial charge in [0.1, 0.15) is 22.9 Å². The van der Waals surface area contributed by atoms with Gasteiger partial charge in [-0.1, -0.05) is 121 Å². The van der Waals surface area contributed by atoms with Gasteiger partial charge in [0.2, 0.25) is 5.91 Å². The molecule has 0 saturated heterocycles. The molecule has 0 aliphatic carbocycles. The zero-order valence-electron chi connectivity index (χ0n) is 25.1. The van der Waals surface area contributed by atoms with Crippen molar-refractivity contribution in [2.75, 3.05) is 6.54 Å². The predicted octanol–water partition coefficient (Wildman–Crippen LogP) is 10.1. The van der Waals surface area contributed by atoms with Crippen LogP contribution in [0.25, 0.3) is 0 Å². The van der Waals surface area contributed by atoms with Crippen molar-refractivity contribution in [1.82, 2.24) is 5.32 Å². The summed E-state index contributed by atoms with van der Waals surface area (Å²) in [4.78, 5) is 12.3. The summed E-state index contributed by atoms with van der Waals surface area (Å²) in [7, 11) is 0. The van der Waals surface area contributed by atoms with Crippen molar-refractivity contribution in [1.29, 1.82) is 0 Å². The summed E-state index contributed by atoms with van der Waals surface area (Å²) in [6.07, 6.45) is 22.1. The number of phenolic OH excluding ortho intramolecular Hbond substituents is 2. The van der Waals surface area contributed by atoms with Crippen LogP contribution in [-0.4, -0.2) is 22.7 Å². The quantitative estimate of drug-likeness (QED) is 0.100. The molecule has 0 bridgehead atoms. The second-order valence-corrected chi connectivity index (χ2v) is 11.1. The minimum absolute atomic E-state index is 0.000695. The Morgan fingerprint density at radius 3 is 1.82 bits per heavy atom. The van der Waals surface area contributed by atoms with Gasteiger partial charge in [0, 0.05) is 13.0 Å². The Hall–Kier alpha value is -2.89. The molecule has 6 heteroatoms. The van der Waals surface area contributed by atoms with E-state index in [0.29, 0.717) is 36.3 Å². The number of amides is 1. The molecule has 40 heavy (non-hydrogen) atoms. The average molecular weight is 552 g/mol. The van der Waals surface area contributed by atoms with Crippen molar-refractivity contribution < 1.29 is 15.0 Å². The highest BCUT2D eigenvalue weighted by Gasteiger charge is 2.11.